The molecule has 9 rings (SSSR count). The second-order valence-corrected chi connectivity index (χ2v) is 45.4. The first-order valence-corrected chi connectivity index (χ1v) is 30.7. The van der Waals surface area contributed by atoms with Crippen LogP contribution in [0.15, 0.2) is 150 Å². The number of hydrogen-bond donors (Lipinski definition) is 0. The predicted molar refractivity (Wildman–Crippen MR) is 219 cm³/mol. The number of furan rings is 1. The third kappa shape index (κ3) is 5.28. The molecule has 1 heterocycles. The Morgan fingerprint density at radius 1 is 0.520 bits per heavy atom. The summed E-state index contributed by atoms with van der Waals surface area (Å²) in [7, 11) is 0. The molecule has 0 N–H and O–H groups in total. The summed E-state index contributed by atoms with van der Waals surface area (Å²) in [5.74, 6) is 1.00. The predicted octanol–water partition coefficient (Wildman–Crippen LogP) is 12.9. The SMILES string of the molecule is CC1=Cc2c(-c3cccc4ccccc34)cccc2[CH]1[Zr]([CH3])([CH3])(=[SiH2])[CH]1C(c2ccco2)=Cc2c(-c3cccc4ccccc34)cccc21.Cl.Cl. The topological polar surface area (TPSA) is 13.1 Å². The zero-order chi connectivity index (χ0) is 32.6. The summed E-state index contributed by atoms with van der Waals surface area (Å²) >= 11 is -3.89. The Hall–Kier alpha value is -3.72. The first-order chi connectivity index (χ1) is 23.3. The van der Waals surface area contributed by atoms with Crippen LogP contribution in [0.25, 0.3) is 61.5 Å². The van der Waals surface area contributed by atoms with Gasteiger partial charge < -0.3 is 0 Å². The van der Waals surface area contributed by atoms with Gasteiger partial charge in [-0.1, -0.05) is 0 Å². The normalized spacial score (nSPS) is 16.6. The van der Waals surface area contributed by atoms with E-state index in [9.17, 15) is 0 Å². The molecule has 0 saturated heterocycles. The molecule has 50 heavy (non-hydrogen) atoms. The Bertz CT molecular complexity index is 2560. The van der Waals surface area contributed by atoms with E-state index >= 15 is 0 Å². The molecule has 2 unspecified atom stereocenters. The second kappa shape index (κ2) is 12.8. The average Bonchev–Trinajstić information content (AvgIpc) is 3.85. The Morgan fingerprint density at radius 2 is 1.00 bits per heavy atom. The summed E-state index contributed by atoms with van der Waals surface area (Å²) in [6, 6.07) is 49.3. The number of rotatable bonds is 5. The molecule has 0 amide bonds. The molecule has 0 fully saturated rings. The molecule has 6 aromatic carbocycles. The molecule has 0 aliphatic heterocycles. The largest absolute Gasteiger partial charge is 0.147 e. The van der Waals surface area contributed by atoms with Crippen molar-refractivity contribution in [3.63, 3.8) is 0 Å². The zero-order valence-electron chi connectivity index (χ0n) is 28.5. The molecular weight excluding hydrogens is 747 g/mol. The number of benzene rings is 6. The first-order valence-electron chi connectivity index (χ1n) is 17.0. The molecule has 2 atom stereocenters. The van der Waals surface area contributed by atoms with Gasteiger partial charge in [-0.15, -0.1) is 24.8 Å². The fourth-order valence-electron chi connectivity index (χ4n) is 9.45. The van der Waals surface area contributed by atoms with Crippen molar-refractivity contribution in [1.29, 1.82) is 0 Å². The van der Waals surface area contributed by atoms with Crippen LogP contribution in [0.2, 0.25) is 9.26 Å². The quantitative estimate of drug-likeness (QED) is 0.158. The number of allylic oxidation sites excluding steroid dienone is 2. The van der Waals surface area contributed by atoms with Crippen LogP contribution in [0.5, 0.6) is 0 Å². The van der Waals surface area contributed by atoms with Crippen LogP contribution >= 0.6 is 24.8 Å². The minimum Gasteiger partial charge on any atom is -0.147 e. The molecule has 248 valence electrons. The fourth-order valence-corrected chi connectivity index (χ4v) is 29.3. The van der Waals surface area contributed by atoms with Crippen molar-refractivity contribution in [3.8, 4) is 22.3 Å². The van der Waals surface area contributed by atoms with Crippen molar-refractivity contribution >= 4 is 71.0 Å². The van der Waals surface area contributed by atoms with Gasteiger partial charge in [-0.25, -0.2) is 0 Å². The minimum atomic E-state index is -3.89. The van der Waals surface area contributed by atoms with Gasteiger partial charge in [-0.05, 0) is 0 Å². The molecule has 0 saturated carbocycles. The van der Waals surface area contributed by atoms with Gasteiger partial charge in [0.1, 0.15) is 0 Å². The summed E-state index contributed by atoms with van der Waals surface area (Å²) in [6.07, 6.45) is 6.83. The van der Waals surface area contributed by atoms with E-state index in [1.165, 1.54) is 77.2 Å². The fraction of sp³-hybridized carbons (Fsp3) is 0.111. The standard InChI is InChI=1S/C23H15O.C20H15.2CH3.2ClH.H2Si.Zr/c1-2-9-19-16(6-1)7-3-10-20(19)21-11-4-8-17-14-18(15-22(17)21)23-12-5-13-24-23;1-14-12-16-8-5-11-19(20(16)13-14)18-10-4-7-15-6-2-3-9-17(15)18;;;;;;/h1-15H;2-13H,1H3;2*1H3;2*1H;1H2;. The van der Waals surface area contributed by atoms with Gasteiger partial charge in [-0.2, -0.15) is 0 Å². The number of fused-ring (bicyclic) bond motifs is 4. The second-order valence-electron chi connectivity index (χ2n) is 14.9. The molecule has 7 aromatic rings. The van der Waals surface area contributed by atoms with E-state index in [1.807, 2.05) is 12.3 Å². The van der Waals surface area contributed by atoms with Crippen molar-refractivity contribution in [2.24, 2.45) is 0 Å². The number of halogens is 2. The Labute approximate surface area is 309 Å². The molecular formula is C45H40Cl2OSiZr. The summed E-state index contributed by atoms with van der Waals surface area (Å²) < 4.78 is 12.4. The van der Waals surface area contributed by atoms with Gasteiger partial charge >= 0.3 is 287 Å². The smallest absolute Gasteiger partial charge is 0.147 e. The molecule has 1 aromatic heterocycles. The summed E-state index contributed by atoms with van der Waals surface area (Å²) in [5.41, 5.74) is 13.8. The zero-order valence-corrected chi connectivity index (χ0v) is 34.0. The molecule has 2 aliphatic carbocycles. The average molecular weight is 787 g/mol. The van der Waals surface area contributed by atoms with E-state index in [2.05, 4.69) is 163 Å². The Balaban J connectivity index is 0.00000196. The van der Waals surface area contributed by atoms with E-state index < -0.39 is 17.4 Å². The van der Waals surface area contributed by atoms with E-state index in [0.717, 1.165) is 5.76 Å². The summed E-state index contributed by atoms with van der Waals surface area (Å²) in [4.78, 5) is 0. The van der Waals surface area contributed by atoms with Crippen molar-refractivity contribution < 1.29 is 21.8 Å². The minimum absolute atomic E-state index is 0. The molecule has 2 aliphatic rings. The van der Waals surface area contributed by atoms with Gasteiger partial charge in [-0.3, -0.25) is 0 Å². The third-order valence-corrected chi connectivity index (χ3v) is 28.8. The van der Waals surface area contributed by atoms with Crippen molar-refractivity contribution in [2.75, 3.05) is 0 Å². The van der Waals surface area contributed by atoms with Crippen LogP contribution < -0.4 is 0 Å². The molecule has 1 nitrogen and oxygen atoms in total. The van der Waals surface area contributed by atoms with Crippen molar-refractivity contribution in [1.82, 2.24) is 0 Å². The third-order valence-electron chi connectivity index (χ3n) is 11.2. The maximum atomic E-state index is 6.27. The number of hydrogen-bond acceptors (Lipinski definition) is 1. The van der Waals surface area contributed by atoms with Crippen molar-refractivity contribution in [3.05, 3.63) is 173 Å². The van der Waals surface area contributed by atoms with Gasteiger partial charge in [0.25, 0.3) is 0 Å². The van der Waals surface area contributed by atoms with E-state index in [4.69, 9.17) is 4.42 Å². The van der Waals surface area contributed by atoms with Crippen molar-refractivity contribution in [2.45, 2.75) is 23.4 Å². The van der Waals surface area contributed by atoms with Crippen LogP contribution in [0.1, 0.15) is 42.2 Å². The van der Waals surface area contributed by atoms with Crippen LogP contribution in [0.4, 0.5) is 0 Å². The molecule has 0 radical (unpaired) electrons. The molecule has 0 spiro atoms. The van der Waals surface area contributed by atoms with Crippen LogP contribution in [0, 0.1) is 0 Å². The maximum absolute atomic E-state index is 6.27. The monoisotopic (exact) mass is 784 g/mol. The van der Waals surface area contributed by atoms with Gasteiger partial charge in [0, 0.05) is 0 Å². The van der Waals surface area contributed by atoms with Gasteiger partial charge in [0.15, 0.2) is 0 Å². The summed E-state index contributed by atoms with van der Waals surface area (Å²) in [6.45, 7) is 4.78. The maximum Gasteiger partial charge on any atom is -0.147 e. The Kier molecular flexibility index (Phi) is 8.89. The molecule has 5 heteroatoms. The van der Waals surface area contributed by atoms with Crippen LogP contribution in [-0.2, 0) is 17.4 Å². The molecule has 0 bridgehead atoms. The Morgan fingerprint density at radius 3 is 1.56 bits per heavy atom. The van der Waals surface area contributed by atoms with Crippen LogP contribution in [-0.4, -0.2) is 6.88 Å². The van der Waals surface area contributed by atoms with Gasteiger partial charge in [0.05, 0.1) is 0 Å². The van der Waals surface area contributed by atoms with E-state index in [0.29, 0.717) is 7.25 Å². The van der Waals surface area contributed by atoms with Gasteiger partial charge in [0.2, 0.25) is 0 Å². The summed E-state index contributed by atoms with van der Waals surface area (Å²) in [5, 5.41) is 5.17. The first kappa shape index (κ1) is 34.7. The van der Waals surface area contributed by atoms with E-state index in [1.54, 1.807) is 0 Å². The van der Waals surface area contributed by atoms with E-state index in [-0.39, 0.29) is 24.8 Å². The van der Waals surface area contributed by atoms with Crippen LogP contribution in [0.3, 0.4) is 0 Å².